The lowest BCUT2D eigenvalue weighted by Crippen LogP contribution is -2.34. The smallest absolute Gasteiger partial charge is 0.269 e. The fourth-order valence-electron chi connectivity index (χ4n) is 2.67. The van der Waals surface area contributed by atoms with Gasteiger partial charge in [0.25, 0.3) is 5.69 Å². The van der Waals surface area contributed by atoms with Crippen LogP contribution in [-0.2, 0) is 0 Å². The summed E-state index contributed by atoms with van der Waals surface area (Å²) >= 11 is 1.92. The van der Waals surface area contributed by atoms with Gasteiger partial charge in [0.1, 0.15) is 0 Å². The van der Waals surface area contributed by atoms with Crippen molar-refractivity contribution in [1.82, 2.24) is 0 Å². The van der Waals surface area contributed by atoms with Crippen molar-refractivity contribution >= 4 is 23.1 Å². The summed E-state index contributed by atoms with van der Waals surface area (Å²) in [5, 5.41) is 14.9. The van der Waals surface area contributed by atoms with Gasteiger partial charge in [-0.3, -0.25) is 10.1 Å². The molecule has 0 amide bonds. The number of aryl methyl sites for hydroxylation is 1. The molecule has 2 atom stereocenters. The van der Waals surface area contributed by atoms with E-state index >= 15 is 0 Å². The van der Waals surface area contributed by atoms with Gasteiger partial charge < -0.3 is 5.32 Å². The summed E-state index contributed by atoms with van der Waals surface area (Å²) < 4.78 is 0. The molecule has 1 fully saturated rings. The molecule has 1 aliphatic rings. The number of anilines is 1. The van der Waals surface area contributed by atoms with Crippen LogP contribution in [0.2, 0.25) is 0 Å². The highest BCUT2D eigenvalue weighted by molar-refractivity contribution is 7.99. The fraction of sp³-hybridized carbons (Fsp3) is 0.571. The van der Waals surface area contributed by atoms with Crippen LogP contribution in [-0.4, -0.2) is 22.5 Å². The Morgan fingerprint density at radius 2 is 2.11 bits per heavy atom. The molecule has 0 saturated heterocycles. The van der Waals surface area contributed by atoms with Gasteiger partial charge in [0, 0.05) is 29.1 Å². The van der Waals surface area contributed by atoms with Crippen molar-refractivity contribution in [1.29, 1.82) is 0 Å². The minimum atomic E-state index is -0.345. The third-order valence-corrected chi connectivity index (χ3v) is 4.94. The zero-order chi connectivity index (χ0) is 13.8. The number of nitro benzene ring substituents is 1. The third-order valence-electron chi connectivity index (χ3n) is 3.77. The molecule has 4 nitrogen and oxygen atoms in total. The van der Waals surface area contributed by atoms with Crippen molar-refractivity contribution in [2.75, 3.05) is 11.6 Å². The average Bonchev–Trinajstić information content (AvgIpc) is 2.41. The molecular weight excluding hydrogens is 260 g/mol. The van der Waals surface area contributed by atoms with Gasteiger partial charge in [-0.1, -0.05) is 12.8 Å². The first-order valence-electron chi connectivity index (χ1n) is 6.66. The largest absolute Gasteiger partial charge is 0.381 e. The van der Waals surface area contributed by atoms with Gasteiger partial charge in [0.2, 0.25) is 0 Å². The summed E-state index contributed by atoms with van der Waals surface area (Å²) in [7, 11) is 0. The van der Waals surface area contributed by atoms with Crippen LogP contribution in [0.1, 0.15) is 31.2 Å². The highest BCUT2D eigenvalue weighted by atomic mass is 32.2. The molecule has 0 spiro atoms. The van der Waals surface area contributed by atoms with Gasteiger partial charge in [-0.05, 0) is 37.7 Å². The van der Waals surface area contributed by atoms with Crippen LogP contribution in [0.5, 0.6) is 0 Å². The number of hydrogen-bond acceptors (Lipinski definition) is 4. The van der Waals surface area contributed by atoms with E-state index < -0.39 is 0 Å². The molecule has 1 aromatic rings. The van der Waals surface area contributed by atoms with E-state index in [1.165, 1.54) is 25.7 Å². The van der Waals surface area contributed by atoms with Gasteiger partial charge in [-0.2, -0.15) is 11.8 Å². The molecule has 1 aromatic carbocycles. The molecule has 0 aliphatic heterocycles. The van der Waals surface area contributed by atoms with Gasteiger partial charge in [0.05, 0.1) is 4.92 Å². The molecule has 0 aromatic heterocycles. The lowest BCUT2D eigenvalue weighted by Gasteiger charge is -2.32. The number of thioether (sulfide) groups is 1. The predicted molar refractivity (Wildman–Crippen MR) is 81.0 cm³/mol. The Labute approximate surface area is 118 Å². The second kappa shape index (κ2) is 6.28. The topological polar surface area (TPSA) is 55.2 Å². The molecule has 19 heavy (non-hydrogen) atoms. The Bertz CT molecular complexity index is 465. The zero-order valence-corrected chi connectivity index (χ0v) is 12.2. The quantitative estimate of drug-likeness (QED) is 0.669. The van der Waals surface area contributed by atoms with E-state index in [2.05, 4.69) is 11.6 Å². The number of nitrogens with zero attached hydrogens (tertiary/aromatic N) is 1. The highest BCUT2D eigenvalue weighted by Crippen LogP contribution is 2.31. The van der Waals surface area contributed by atoms with Gasteiger partial charge in [-0.15, -0.1) is 0 Å². The molecule has 2 unspecified atom stereocenters. The van der Waals surface area contributed by atoms with Crippen molar-refractivity contribution in [2.45, 2.75) is 43.9 Å². The Hall–Kier alpha value is -1.23. The van der Waals surface area contributed by atoms with E-state index in [9.17, 15) is 10.1 Å². The Morgan fingerprint density at radius 3 is 2.74 bits per heavy atom. The third kappa shape index (κ3) is 3.41. The first kappa shape index (κ1) is 14.2. The Kier molecular flexibility index (Phi) is 4.69. The van der Waals surface area contributed by atoms with E-state index in [1.807, 2.05) is 24.8 Å². The number of non-ortho nitro benzene ring substituents is 1. The number of rotatable bonds is 4. The lowest BCUT2D eigenvalue weighted by atomic mass is 9.94. The summed E-state index contributed by atoms with van der Waals surface area (Å²) in [5.74, 6) is 0. The zero-order valence-electron chi connectivity index (χ0n) is 11.4. The summed E-state index contributed by atoms with van der Waals surface area (Å²) in [4.78, 5) is 10.4. The fourth-order valence-corrected chi connectivity index (χ4v) is 3.60. The van der Waals surface area contributed by atoms with Crippen LogP contribution >= 0.6 is 11.8 Å². The maximum atomic E-state index is 10.7. The van der Waals surface area contributed by atoms with Crippen LogP contribution in [0, 0.1) is 17.0 Å². The first-order valence-corrected chi connectivity index (χ1v) is 7.95. The van der Waals surface area contributed by atoms with Crippen LogP contribution in [0.15, 0.2) is 18.2 Å². The number of nitrogens with one attached hydrogen (secondary N) is 1. The monoisotopic (exact) mass is 280 g/mol. The number of nitro groups is 1. The Balaban J connectivity index is 2.11. The van der Waals surface area contributed by atoms with Crippen LogP contribution < -0.4 is 5.32 Å². The number of benzene rings is 1. The van der Waals surface area contributed by atoms with E-state index in [0.717, 1.165) is 11.3 Å². The minimum Gasteiger partial charge on any atom is -0.381 e. The highest BCUT2D eigenvalue weighted by Gasteiger charge is 2.24. The van der Waals surface area contributed by atoms with Crippen LogP contribution in [0.3, 0.4) is 0 Å². The molecule has 0 heterocycles. The Morgan fingerprint density at radius 1 is 1.37 bits per heavy atom. The first-order chi connectivity index (χ1) is 9.11. The van der Waals surface area contributed by atoms with Gasteiger partial charge in [-0.25, -0.2) is 0 Å². The molecular formula is C14H20N2O2S. The average molecular weight is 280 g/mol. The van der Waals surface area contributed by atoms with Crippen molar-refractivity contribution < 1.29 is 4.92 Å². The van der Waals surface area contributed by atoms with Crippen LogP contribution in [0.4, 0.5) is 11.4 Å². The second-order valence-electron chi connectivity index (χ2n) is 5.07. The molecule has 0 bridgehead atoms. The molecule has 1 saturated carbocycles. The molecule has 0 radical (unpaired) electrons. The number of hydrogen-bond donors (Lipinski definition) is 1. The van der Waals surface area contributed by atoms with Crippen molar-refractivity contribution in [3.05, 3.63) is 33.9 Å². The maximum Gasteiger partial charge on any atom is 0.269 e. The standard InChI is InChI=1S/C14H20N2O2S/c1-10-9-11(16(17)18)7-8-12(10)15-13-5-3-4-6-14(13)19-2/h7-9,13-15H,3-6H2,1-2H3. The SMILES string of the molecule is CSC1CCCCC1Nc1ccc([N+](=O)[O-])cc1C. The molecule has 1 N–H and O–H groups in total. The molecule has 2 rings (SSSR count). The van der Waals surface area contributed by atoms with Gasteiger partial charge in [0.15, 0.2) is 0 Å². The predicted octanol–water partition coefficient (Wildman–Crippen LogP) is 3.99. The van der Waals surface area contributed by atoms with E-state index in [-0.39, 0.29) is 10.6 Å². The van der Waals surface area contributed by atoms with Crippen molar-refractivity contribution in [3.8, 4) is 0 Å². The normalized spacial score (nSPS) is 23.1. The van der Waals surface area contributed by atoms with E-state index in [0.29, 0.717) is 11.3 Å². The summed E-state index contributed by atoms with van der Waals surface area (Å²) in [6.07, 6.45) is 7.17. The summed E-state index contributed by atoms with van der Waals surface area (Å²) in [6, 6.07) is 5.52. The molecule has 104 valence electrons. The van der Waals surface area contributed by atoms with Crippen molar-refractivity contribution in [3.63, 3.8) is 0 Å². The second-order valence-corrected chi connectivity index (χ2v) is 6.14. The maximum absolute atomic E-state index is 10.7. The summed E-state index contributed by atoms with van der Waals surface area (Å²) in [6.45, 7) is 1.92. The minimum absolute atomic E-state index is 0.160. The van der Waals surface area contributed by atoms with Crippen LogP contribution in [0.25, 0.3) is 0 Å². The van der Waals surface area contributed by atoms with Gasteiger partial charge >= 0.3 is 0 Å². The van der Waals surface area contributed by atoms with Crippen molar-refractivity contribution in [2.24, 2.45) is 0 Å². The molecule has 5 heteroatoms. The summed E-state index contributed by atoms with van der Waals surface area (Å²) in [5.41, 5.74) is 2.13. The lowest BCUT2D eigenvalue weighted by molar-refractivity contribution is -0.384. The van der Waals surface area contributed by atoms with E-state index in [4.69, 9.17) is 0 Å². The van der Waals surface area contributed by atoms with E-state index in [1.54, 1.807) is 12.1 Å². The molecule has 1 aliphatic carbocycles.